The lowest BCUT2D eigenvalue weighted by molar-refractivity contribution is 0.214. The molecule has 6 nitrogen and oxygen atoms in total. The average Bonchev–Trinajstić information content (AvgIpc) is 2.82. The minimum absolute atomic E-state index is 0.163. The summed E-state index contributed by atoms with van der Waals surface area (Å²) < 4.78 is 0. The highest BCUT2D eigenvalue weighted by molar-refractivity contribution is 6.30. The van der Waals surface area contributed by atoms with E-state index in [0.717, 1.165) is 60.9 Å². The topological polar surface area (TPSA) is 74.1 Å². The molecule has 0 amide bonds. The molecule has 0 aliphatic carbocycles. The Labute approximate surface area is 196 Å². The Bertz CT molecular complexity index is 936. The van der Waals surface area contributed by atoms with Crippen molar-refractivity contribution in [2.75, 3.05) is 37.6 Å². The standard InChI is InChI=1S/C25H33ClN6/c1-3-5-8-14-32(28)25(29-27)24(23-13-7-6-10-20(23)4-2)31-17-15-30(16-18-31)22-12-9-11-21(26)19-22/h3-4,6-7,9-13,19,24H,1-2,5,8,14-18,27-28H2/b29-25-. The Morgan fingerprint density at radius 3 is 2.53 bits per heavy atom. The van der Waals surface area contributed by atoms with Crippen LogP contribution in [0, 0.1) is 0 Å². The molecule has 1 aliphatic heterocycles. The van der Waals surface area contributed by atoms with Crippen LogP contribution in [0.5, 0.6) is 0 Å². The van der Waals surface area contributed by atoms with Gasteiger partial charge in [-0.15, -0.1) is 6.58 Å². The van der Waals surface area contributed by atoms with Crippen LogP contribution in [0.4, 0.5) is 5.69 Å². The van der Waals surface area contributed by atoms with Crippen molar-refractivity contribution in [1.29, 1.82) is 0 Å². The zero-order valence-electron chi connectivity index (χ0n) is 18.5. The highest BCUT2D eigenvalue weighted by Gasteiger charge is 2.32. The molecule has 4 N–H and O–H groups in total. The number of nitrogens with two attached hydrogens (primary N) is 2. The molecule has 0 aromatic heterocycles. The lowest BCUT2D eigenvalue weighted by Crippen LogP contribution is -2.53. The van der Waals surface area contributed by atoms with E-state index in [9.17, 15) is 0 Å². The summed E-state index contributed by atoms with van der Waals surface area (Å²) in [6, 6.07) is 16.0. The number of hydrazine groups is 1. The van der Waals surface area contributed by atoms with E-state index < -0.39 is 0 Å². The highest BCUT2D eigenvalue weighted by atomic mass is 35.5. The minimum atomic E-state index is -0.163. The van der Waals surface area contributed by atoms with Gasteiger partial charge >= 0.3 is 0 Å². The summed E-state index contributed by atoms with van der Waals surface area (Å²) in [5.74, 6) is 13.0. The molecular formula is C25H33ClN6. The summed E-state index contributed by atoms with van der Waals surface area (Å²) in [5.41, 5.74) is 3.29. The van der Waals surface area contributed by atoms with Crippen LogP contribution in [-0.2, 0) is 0 Å². The summed E-state index contributed by atoms with van der Waals surface area (Å²) >= 11 is 6.20. The molecule has 0 bridgehead atoms. The van der Waals surface area contributed by atoms with Crippen molar-refractivity contribution in [2.24, 2.45) is 16.8 Å². The summed E-state index contributed by atoms with van der Waals surface area (Å²) in [7, 11) is 0. The van der Waals surface area contributed by atoms with Crippen LogP contribution in [0.15, 0.2) is 72.9 Å². The SMILES string of the molecule is C=CCCCN(N)/C(=N\N)C(c1ccccc1C=C)N1CCN(c2cccc(Cl)c2)CC1. The molecule has 2 aromatic rings. The van der Waals surface area contributed by atoms with E-state index in [1.54, 1.807) is 5.01 Å². The monoisotopic (exact) mass is 452 g/mol. The number of halogens is 1. The number of benzene rings is 2. The van der Waals surface area contributed by atoms with Crippen LogP contribution >= 0.6 is 11.6 Å². The van der Waals surface area contributed by atoms with E-state index in [4.69, 9.17) is 23.3 Å². The van der Waals surface area contributed by atoms with Gasteiger partial charge in [-0.05, 0) is 42.2 Å². The highest BCUT2D eigenvalue weighted by Crippen LogP contribution is 2.30. The Kier molecular flexibility index (Phi) is 8.73. The Balaban J connectivity index is 1.86. The van der Waals surface area contributed by atoms with E-state index in [0.29, 0.717) is 12.4 Å². The van der Waals surface area contributed by atoms with Gasteiger partial charge in [0.1, 0.15) is 0 Å². The van der Waals surface area contributed by atoms with Gasteiger partial charge in [0, 0.05) is 43.4 Å². The second-order valence-corrected chi connectivity index (χ2v) is 8.29. The fourth-order valence-electron chi connectivity index (χ4n) is 4.18. The first kappa shape index (κ1) is 23.9. The first-order valence-electron chi connectivity index (χ1n) is 11.0. The third kappa shape index (κ3) is 5.71. The molecule has 0 spiro atoms. The van der Waals surface area contributed by atoms with Gasteiger partial charge in [0.05, 0.1) is 6.04 Å². The van der Waals surface area contributed by atoms with Gasteiger partial charge in [0.25, 0.3) is 0 Å². The van der Waals surface area contributed by atoms with E-state index in [-0.39, 0.29) is 6.04 Å². The lowest BCUT2D eigenvalue weighted by atomic mass is 9.96. The molecule has 1 heterocycles. The molecule has 1 unspecified atom stereocenters. The third-order valence-corrected chi connectivity index (χ3v) is 6.08. The van der Waals surface area contributed by atoms with Gasteiger partial charge in [0.2, 0.25) is 0 Å². The van der Waals surface area contributed by atoms with Crippen molar-refractivity contribution in [3.63, 3.8) is 0 Å². The van der Waals surface area contributed by atoms with Crippen LogP contribution in [0.2, 0.25) is 5.02 Å². The molecule has 0 saturated carbocycles. The fourth-order valence-corrected chi connectivity index (χ4v) is 4.36. The van der Waals surface area contributed by atoms with Gasteiger partial charge < -0.3 is 10.7 Å². The molecule has 3 rings (SSSR count). The number of hydrogen-bond donors (Lipinski definition) is 2. The second kappa shape index (κ2) is 11.7. The van der Waals surface area contributed by atoms with Crippen molar-refractivity contribution in [3.05, 3.63) is 83.9 Å². The Morgan fingerprint density at radius 1 is 1.12 bits per heavy atom. The molecule has 0 radical (unpaired) electrons. The molecule has 1 aliphatic rings. The number of unbranched alkanes of at least 4 members (excludes halogenated alkanes) is 1. The van der Waals surface area contributed by atoms with Gasteiger partial charge in [0.15, 0.2) is 5.84 Å². The molecule has 32 heavy (non-hydrogen) atoms. The van der Waals surface area contributed by atoms with E-state index in [1.807, 2.05) is 42.5 Å². The van der Waals surface area contributed by atoms with Crippen molar-refractivity contribution in [3.8, 4) is 0 Å². The van der Waals surface area contributed by atoms with Crippen LogP contribution < -0.4 is 16.6 Å². The van der Waals surface area contributed by atoms with Crippen LogP contribution in [-0.4, -0.2) is 48.5 Å². The van der Waals surface area contributed by atoms with Crippen LogP contribution in [0.1, 0.15) is 30.0 Å². The number of amidine groups is 1. The maximum absolute atomic E-state index is 6.45. The average molecular weight is 453 g/mol. The Hall–Kier alpha value is -2.80. The number of piperazine rings is 1. The number of hydrogen-bond acceptors (Lipinski definition) is 5. The summed E-state index contributed by atoms with van der Waals surface area (Å²) in [6.45, 7) is 11.9. The lowest BCUT2D eigenvalue weighted by Gasteiger charge is -2.42. The first-order valence-corrected chi connectivity index (χ1v) is 11.3. The summed E-state index contributed by atoms with van der Waals surface area (Å²) in [4.78, 5) is 4.74. The quantitative estimate of drug-likeness (QED) is 0.148. The van der Waals surface area contributed by atoms with Crippen molar-refractivity contribution in [1.82, 2.24) is 9.91 Å². The number of allylic oxidation sites excluding steroid dienone is 1. The number of hydrazone groups is 1. The maximum atomic E-state index is 6.45. The predicted molar refractivity (Wildman–Crippen MR) is 136 cm³/mol. The molecule has 1 saturated heterocycles. The number of rotatable bonds is 9. The number of anilines is 1. The molecule has 7 heteroatoms. The fraction of sp³-hybridized carbons (Fsp3) is 0.320. The zero-order valence-corrected chi connectivity index (χ0v) is 19.3. The molecule has 2 aromatic carbocycles. The maximum Gasteiger partial charge on any atom is 0.160 e. The third-order valence-electron chi connectivity index (χ3n) is 5.84. The smallest absolute Gasteiger partial charge is 0.160 e. The minimum Gasteiger partial charge on any atom is -0.369 e. The Morgan fingerprint density at radius 2 is 1.88 bits per heavy atom. The predicted octanol–water partition coefficient (Wildman–Crippen LogP) is 4.26. The molecule has 1 atom stereocenters. The molecular weight excluding hydrogens is 420 g/mol. The van der Waals surface area contributed by atoms with Crippen molar-refractivity contribution >= 4 is 29.2 Å². The zero-order chi connectivity index (χ0) is 22.9. The second-order valence-electron chi connectivity index (χ2n) is 7.85. The van der Waals surface area contributed by atoms with Crippen LogP contribution in [0.3, 0.4) is 0 Å². The first-order chi connectivity index (χ1) is 15.6. The normalized spacial score (nSPS) is 15.9. The molecule has 170 valence electrons. The van der Waals surface area contributed by atoms with Crippen LogP contribution in [0.25, 0.3) is 6.08 Å². The largest absolute Gasteiger partial charge is 0.369 e. The van der Waals surface area contributed by atoms with Gasteiger partial charge in [-0.25, -0.2) is 5.84 Å². The van der Waals surface area contributed by atoms with Gasteiger partial charge in [-0.2, -0.15) is 5.10 Å². The van der Waals surface area contributed by atoms with Gasteiger partial charge in [-0.3, -0.25) is 9.91 Å². The van der Waals surface area contributed by atoms with Crippen molar-refractivity contribution in [2.45, 2.75) is 18.9 Å². The van der Waals surface area contributed by atoms with Gasteiger partial charge in [-0.1, -0.05) is 60.7 Å². The van der Waals surface area contributed by atoms with Crippen molar-refractivity contribution < 1.29 is 0 Å². The summed E-state index contributed by atoms with van der Waals surface area (Å²) in [5, 5.41) is 6.59. The van der Waals surface area contributed by atoms with E-state index >= 15 is 0 Å². The molecule has 1 fully saturated rings. The number of nitrogens with zero attached hydrogens (tertiary/aromatic N) is 4. The van der Waals surface area contributed by atoms with E-state index in [1.165, 1.54) is 0 Å². The summed E-state index contributed by atoms with van der Waals surface area (Å²) in [6.07, 6.45) is 5.54. The van der Waals surface area contributed by atoms with E-state index in [2.05, 4.69) is 46.3 Å².